The Morgan fingerprint density at radius 2 is 1.64 bits per heavy atom. The highest BCUT2D eigenvalue weighted by Gasteiger charge is 2.38. The van der Waals surface area contributed by atoms with E-state index in [0.29, 0.717) is 0 Å². The molecule has 0 bridgehead atoms. The van der Waals surface area contributed by atoms with Crippen LogP contribution in [0.5, 0.6) is 0 Å². The normalized spacial score (nSPS) is 13.6. The number of rotatable bonds is 4. The second-order valence-electron chi connectivity index (χ2n) is 7.37. The van der Waals surface area contributed by atoms with Crippen molar-refractivity contribution >= 4 is 23.3 Å². The zero-order chi connectivity index (χ0) is 27.1. The lowest BCUT2D eigenvalue weighted by molar-refractivity contribution is -0.193. The van der Waals surface area contributed by atoms with Crippen LogP contribution in [0.1, 0.15) is 21.3 Å². The predicted octanol–water partition coefficient (Wildman–Crippen LogP) is 3.78. The number of hydrogen-bond donors (Lipinski definition) is 2. The molecule has 4 rings (SSSR count). The van der Waals surface area contributed by atoms with Gasteiger partial charge in [0, 0.05) is 48.0 Å². The zero-order valence-electron chi connectivity index (χ0n) is 18.6. The number of carbonyl (C=O) groups is 2. The molecule has 4 heterocycles. The van der Waals surface area contributed by atoms with E-state index in [9.17, 15) is 26.3 Å². The van der Waals surface area contributed by atoms with Crippen LogP contribution < -0.4 is 0 Å². The first kappa shape index (κ1) is 28.8. The van der Waals surface area contributed by atoms with Crippen molar-refractivity contribution < 1.29 is 46.1 Å². The Hall–Kier alpha value is -3.40. The van der Waals surface area contributed by atoms with Crippen molar-refractivity contribution in [3.05, 3.63) is 58.1 Å². The maximum atomic E-state index is 10.6. The summed E-state index contributed by atoms with van der Waals surface area (Å²) in [7, 11) is 0. The number of imidazole rings is 1. The number of nitrogens with zero attached hydrogens (tertiary/aromatic N) is 5. The summed E-state index contributed by atoms with van der Waals surface area (Å²) >= 11 is 1.89. The summed E-state index contributed by atoms with van der Waals surface area (Å²) in [5.74, 6) is -4.35. The van der Waals surface area contributed by atoms with Gasteiger partial charge in [-0.05, 0) is 25.1 Å². The summed E-state index contributed by atoms with van der Waals surface area (Å²) in [5.41, 5.74) is 1.09. The van der Waals surface area contributed by atoms with Crippen LogP contribution in [0.2, 0.25) is 0 Å². The molecular formula is C20H21F6N5O4S. The van der Waals surface area contributed by atoms with Gasteiger partial charge in [-0.25, -0.2) is 14.6 Å². The molecule has 36 heavy (non-hydrogen) atoms. The summed E-state index contributed by atoms with van der Waals surface area (Å²) in [6, 6.07) is 6.39. The van der Waals surface area contributed by atoms with Crippen molar-refractivity contribution in [2.75, 3.05) is 6.54 Å². The van der Waals surface area contributed by atoms with E-state index in [1.165, 1.54) is 15.6 Å². The Labute approximate surface area is 204 Å². The van der Waals surface area contributed by atoms with Gasteiger partial charge in [0.05, 0.1) is 18.8 Å². The number of carboxylic acid groups (broad SMARTS) is 2. The first-order valence-corrected chi connectivity index (χ1v) is 10.9. The first-order valence-electron chi connectivity index (χ1n) is 10.1. The van der Waals surface area contributed by atoms with Crippen LogP contribution in [-0.4, -0.2) is 65.3 Å². The van der Waals surface area contributed by atoms with E-state index in [1.807, 2.05) is 28.3 Å². The molecule has 0 aliphatic carbocycles. The van der Waals surface area contributed by atoms with E-state index in [-0.39, 0.29) is 0 Å². The molecule has 1 aliphatic rings. The predicted molar refractivity (Wildman–Crippen MR) is 114 cm³/mol. The van der Waals surface area contributed by atoms with Crippen LogP contribution in [0.25, 0.3) is 0 Å². The number of halogens is 6. The van der Waals surface area contributed by atoms with Crippen molar-refractivity contribution in [2.45, 2.75) is 45.5 Å². The molecule has 0 fully saturated rings. The number of thiophene rings is 1. The molecule has 0 saturated heterocycles. The van der Waals surface area contributed by atoms with E-state index >= 15 is 0 Å². The number of fused-ring (bicyclic) bond motifs is 1. The molecular weight excluding hydrogens is 520 g/mol. The minimum absolute atomic E-state index is 0.747. The summed E-state index contributed by atoms with van der Waals surface area (Å²) in [6.45, 7) is 6.97. The number of hydrogen-bond acceptors (Lipinski definition) is 6. The third kappa shape index (κ3) is 9.33. The van der Waals surface area contributed by atoms with Gasteiger partial charge in [0.2, 0.25) is 0 Å². The lowest BCUT2D eigenvalue weighted by Gasteiger charge is -2.26. The Balaban J connectivity index is 0.000000271. The highest BCUT2D eigenvalue weighted by atomic mass is 32.1. The van der Waals surface area contributed by atoms with Crippen LogP contribution in [0.15, 0.2) is 36.8 Å². The van der Waals surface area contributed by atoms with Crippen LogP contribution >= 0.6 is 11.3 Å². The molecule has 198 valence electrons. The highest BCUT2D eigenvalue weighted by molar-refractivity contribution is 7.11. The number of aryl methyl sites for hydroxylation is 1. The Kier molecular flexibility index (Phi) is 9.63. The fraction of sp³-hybridized carbons (Fsp3) is 0.400. The quantitative estimate of drug-likeness (QED) is 0.484. The smallest absolute Gasteiger partial charge is 0.475 e. The molecule has 16 heteroatoms. The van der Waals surface area contributed by atoms with Gasteiger partial charge in [0.15, 0.2) is 0 Å². The molecule has 0 saturated carbocycles. The van der Waals surface area contributed by atoms with Crippen molar-refractivity contribution in [1.29, 1.82) is 0 Å². The summed E-state index contributed by atoms with van der Waals surface area (Å²) in [6.07, 6.45) is -4.21. The van der Waals surface area contributed by atoms with E-state index in [2.05, 4.69) is 39.8 Å². The summed E-state index contributed by atoms with van der Waals surface area (Å²) in [5, 5.41) is 18.5. The first-order chi connectivity index (χ1) is 16.6. The van der Waals surface area contributed by atoms with Gasteiger partial charge in [-0.2, -0.15) is 31.4 Å². The van der Waals surface area contributed by atoms with Gasteiger partial charge in [-0.15, -0.1) is 11.3 Å². The standard InChI is InChI=1S/C16H19N5S.2C2HF3O2/c1-13-3-4-15(22-13)11-19-7-8-20-9-14(18-16(20)12-19)10-21-6-2-5-17-21;2*3-2(4,5)1(6)7/h2-6,9H,7-8,10-12H2,1H3;2*(H,6,7). The van der Waals surface area contributed by atoms with E-state index in [1.54, 1.807) is 6.20 Å². The van der Waals surface area contributed by atoms with E-state index < -0.39 is 24.3 Å². The van der Waals surface area contributed by atoms with Crippen LogP contribution in [-0.2, 0) is 35.8 Å². The lowest BCUT2D eigenvalue weighted by Crippen LogP contribution is -2.32. The SMILES string of the molecule is Cc1ccc(CN2CCn3cc(Cn4cccn4)nc3C2)s1.O=C(O)C(F)(F)F.O=C(O)C(F)(F)F. The van der Waals surface area contributed by atoms with Crippen LogP contribution in [0, 0.1) is 6.92 Å². The topological polar surface area (TPSA) is 113 Å². The van der Waals surface area contributed by atoms with Crippen LogP contribution in [0.3, 0.4) is 0 Å². The van der Waals surface area contributed by atoms with Gasteiger partial charge >= 0.3 is 24.3 Å². The van der Waals surface area contributed by atoms with Crippen molar-refractivity contribution in [3.8, 4) is 0 Å². The molecule has 2 N–H and O–H groups in total. The third-order valence-corrected chi connectivity index (χ3v) is 5.46. The van der Waals surface area contributed by atoms with Crippen molar-refractivity contribution in [3.63, 3.8) is 0 Å². The maximum absolute atomic E-state index is 10.6. The van der Waals surface area contributed by atoms with E-state index in [4.69, 9.17) is 24.8 Å². The maximum Gasteiger partial charge on any atom is 0.490 e. The minimum Gasteiger partial charge on any atom is -0.475 e. The third-order valence-electron chi connectivity index (χ3n) is 4.47. The molecule has 0 spiro atoms. The Morgan fingerprint density at radius 1 is 1.03 bits per heavy atom. The largest absolute Gasteiger partial charge is 0.490 e. The van der Waals surface area contributed by atoms with Crippen molar-refractivity contribution in [2.24, 2.45) is 0 Å². The zero-order valence-corrected chi connectivity index (χ0v) is 19.4. The number of carboxylic acids is 2. The monoisotopic (exact) mass is 541 g/mol. The van der Waals surface area contributed by atoms with Gasteiger partial charge < -0.3 is 14.8 Å². The fourth-order valence-electron chi connectivity index (χ4n) is 2.92. The Bertz CT molecular complexity index is 1120. The molecule has 0 unspecified atom stereocenters. The second kappa shape index (κ2) is 12.0. The van der Waals surface area contributed by atoms with Crippen molar-refractivity contribution in [1.82, 2.24) is 24.2 Å². The number of aliphatic carboxylic acids is 2. The molecule has 0 aromatic carbocycles. The minimum atomic E-state index is -5.08. The Morgan fingerprint density at radius 3 is 2.11 bits per heavy atom. The molecule has 0 atom stereocenters. The lowest BCUT2D eigenvalue weighted by atomic mass is 10.3. The van der Waals surface area contributed by atoms with Gasteiger partial charge in [-0.3, -0.25) is 9.58 Å². The molecule has 3 aromatic rings. The molecule has 1 aliphatic heterocycles. The highest BCUT2D eigenvalue weighted by Crippen LogP contribution is 2.21. The van der Waals surface area contributed by atoms with Gasteiger partial charge in [0.25, 0.3) is 0 Å². The molecule has 0 radical (unpaired) electrons. The number of alkyl halides is 6. The number of aromatic nitrogens is 4. The average Bonchev–Trinajstić information content (AvgIpc) is 3.49. The average molecular weight is 541 g/mol. The van der Waals surface area contributed by atoms with Gasteiger partial charge in [-0.1, -0.05) is 0 Å². The molecule has 0 amide bonds. The molecule has 9 nitrogen and oxygen atoms in total. The van der Waals surface area contributed by atoms with Crippen LogP contribution in [0.4, 0.5) is 26.3 Å². The molecule has 3 aromatic heterocycles. The van der Waals surface area contributed by atoms with Gasteiger partial charge in [0.1, 0.15) is 5.82 Å². The van der Waals surface area contributed by atoms with E-state index in [0.717, 1.165) is 38.4 Å². The second-order valence-corrected chi connectivity index (χ2v) is 8.75. The fourth-order valence-corrected chi connectivity index (χ4v) is 3.86. The summed E-state index contributed by atoms with van der Waals surface area (Å²) in [4.78, 5) is 27.9. The summed E-state index contributed by atoms with van der Waals surface area (Å²) < 4.78 is 67.7.